The smallest absolute Gasteiger partial charge is 0.173 e. The molecule has 2 heterocycles. The van der Waals surface area contributed by atoms with Crippen LogP contribution in [0.5, 0.6) is 0 Å². The maximum absolute atomic E-state index is 6.30. The highest BCUT2D eigenvalue weighted by molar-refractivity contribution is 7.80. The number of halogens is 2. The minimum atomic E-state index is 0.573. The molecule has 2 aromatic carbocycles. The quantitative estimate of drug-likeness (QED) is 0.535. The Morgan fingerprint density at radius 1 is 0.862 bits per heavy atom. The zero-order valence-corrected chi connectivity index (χ0v) is 18.0. The molecule has 148 valence electrons. The molecular formula is C22H20Cl2N4S. The van der Waals surface area contributed by atoms with Gasteiger partial charge in [0.05, 0.1) is 15.7 Å². The van der Waals surface area contributed by atoms with Gasteiger partial charge in [0.2, 0.25) is 0 Å². The molecule has 4 rings (SSSR count). The lowest BCUT2D eigenvalue weighted by Crippen LogP contribution is -2.50. The molecular weight excluding hydrogens is 423 g/mol. The maximum Gasteiger partial charge on any atom is 0.173 e. The molecule has 0 amide bonds. The van der Waals surface area contributed by atoms with Crippen LogP contribution in [0.4, 0.5) is 11.4 Å². The largest absolute Gasteiger partial charge is 0.365 e. The van der Waals surface area contributed by atoms with E-state index in [2.05, 4.69) is 44.4 Å². The lowest BCUT2D eigenvalue weighted by atomic mass is 10.0. The number of nitrogens with one attached hydrogen (secondary N) is 1. The molecule has 0 unspecified atom stereocenters. The van der Waals surface area contributed by atoms with Crippen molar-refractivity contribution in [3.05, 3.63) is 77.0 Å². The van der Waals surface area contributed by atoms with Crippen LogP contribution in [0.1, 0.15) is 0 Å². The minimum Gasteiger partial charge on any atom is -0.365 e. The number of piperazine rings is 1. The first-order valence-electron chi connectivity index (χ1n) is 9.38. The first kappa shape index (κ1) is 20.0. The van der Waals surface area contributed by atoms with E-state index in [1.807, 2.05) is 30.3 Å². The third kappa shape index (κ3) is 4.47. The van der Waals surface area contributed by atoms with Gasteiger partial charge >= 0.3 is 0 Å². The van der Waals surface area contributed by atoms with Crippen LogP contribution < -0.4 is 10.2 Å². The summed E-state index contributed by atoms with van der Waals surface area (Å²) in [7, 11) is 0. The number of hydrogen-bond acceptors (Lipinski definition) is 3. The Hall–Kier alpha value is -2.34. The predicted molar refractivity (Wildman–Crippen MR) is 126 cm³/mol. The molecule has 0 atom stereocenters. The van der Waals surface area contributed by atoms with Crippen LogP contribution in [0.3, 0.4) is 0 Å². The van der Waals surface area contributed by atoms with E-state index >= 15 is 0 Å². The van der Waals surface area contributed by atoms with Crippen molar-refractivity contribution < 1.29 is 0 Å². The second-order valence-electron chi connectivity index (χ2n) is 6.77. The van der Waals surface area contributed by atoms with Crippen LogP contribution in [-0.4, -0.2) is 41.2 Å². The fourth-order valence-corrected chi connectivity index (χ4v) is 4.39. The number of aromatic nitrogens is 1. The lowest BCUT2D eigenvalue weighted by molar-refractivity contribution is 0.391. The lowest BCUT2D eigenvalue weighted by Gasteiger charge is -2.38. The van der Waals surface area contributed by atoms with Crippen molar-refractivity contribution in [3.8, 4) is 11.1 Å². The standard InChI is InChI=1S/C22H20Cl2N4S/c23-18-14-25-15-19(24)21(18)27-10-12-28(13-11-27)22(29)26-20-9-5-4-8-17(20)16-6-2-1-3-7-16/h1-9,14-15H,10-13H2,(H,26,29). The molecule has 1 aliphatic rings. The van der Waals surface area contributed by atoms with Crippen LogP contribution in [0.25, 0.3) is 11.1 Å². The molecule has 7 heteroatoms. The van der Waals surface area contributed by atoms with Gasteiger partial charge in [0, 0.05) is 49.8 Å². The zero-order chi connectivity index (χ0) is 20.2. The van der Waals surface area contributed by atoms with E-state index in [4.69, 9.17) is 35.4 Å². The summed E-state index contributed by atoms with van der Waals surface area (Å²) in [6, 6.07) is 18.5. The SMILES string of the molecule is S=C(Nc1ccccc1-c1ccccc1)N1CCN(c2c(Cl)cncc2Cl)CC1. The molecule has 1 aromatic heterocycles. The zero-order valence-electron chi connectivity index (χ0n) is 15.7. The molecule has 1 fully saturated rings. The van der Waals surface area contributed by atoms with Gasteiger partial charge in [-0.25, -0.2) is 0 Å². The van der Waals surface area contributed by atoms with Gasteiger partial charge in [-0.1, -0.05) is 71.7 Å². The van der Waals surface area contributed by atoms with Crippen molar-refractivity contribution in [2.24, 2.45) is 0 Å². The van der Waals surface area contributed by atoms with Crippen LogP contribution in [-0.2, 0) is 0 Å². The molecule has 0 aliphatic carbocycles. The summed E-state index contributed by atoms with van der Waals surface area (Å²) in [5, 5.41) is 5.30. The molecule has 1 aliphatic heterocycles. The number of anilines is 2. The minimum absolute atomic E-state index is 0.573. The summed E-state index contributed by atoms with van der Waals surface area (Å²) >= 11 is 18.3. The first-order chi connectivity index (χ1) is 14.1. The normalized spacial score (nSPS) is 14.0. The number of pyridine rings is 1. The highest BCUT2D eigenvalue weighted by Crippen LogP contribution is 2.33. The van der Waals surface area contributed by atoms with E-state index in [1.165, 1.54) is 0 Å². The summed E-state index contributed by atoms with van der Waals surface area (Å²) in [6.07, 6.45) is 3.25. The van der Waals surface area contributed by atoms with Gasteiger partial charge in [0.1, 0.15) is 0 Å². The topological polar surface area (TPSA) is 31.4 Å². The molecule has 1 N–H and O–H groups in total. The number of thiocarbonyl (C=S) groups is 1. The Labute approximate surface area is 186 Å². The highest BCUT2D eigenvalue weighted by Gasteiger charge is 2.23. The second-order valence-corrected chi connectivity index (χ2v) is 7.97. The van der Waals surface area contributed by atoms with Crippen LogP contribution in [0.15, 0.2) is 67.0 Å². The Balaban J connectivity index is 1.44. The number of hydrogen-bond donors (Lipinski definition) is 1. The Morgan fingerprint density at radius 2 is 1.48 bits per heavy atom. The number of para-hydroxylation sites is 1. The van der Waals surface area contributed by atoms with E-state index < -0.39 is 0 Å². The molecule has 0 bridgehead atoms. The van der Waals surface area contributed by atoms with Gasteiger partial charge in [0.15, 0.2) is 5.11 Å². The van der Waals surface area contributed by atoms with Gasteiger partial charge in [-0.2, -0.15) is 0 Å². The van der Waals surface area contributed by atoms with Crippen LogP contribution >= 0.6 is 35.4 Å². The summed E-state index contributed by atoms with van der Waals surface area (Å²) in [4.78, 5) is 8.39. The molecule has 0 spiro atoms. The summed E-state index contributed by atoms with van der Waals surface area (Å²) < 4.78 is 0. The molecule has 4 nitrogen and oxygen atoms in total. The molecule has 0 saturated carbocycles. The Bertz CT molecular complexity index is 984. The summed E-state index contributed by atoms with van der Waals surface area (Å²) in [6.45, 7) is 3.14. The monoisotopic (exact) mass is 442 g/mol. The number of nitrogens with zero attached hydrogens (tertiary/aromatic N) is 3. The summed E-state index contributed by atoms with van der Waals surface area (Å²) in [5.41, 5.74) is 4.14. The van der Waals surface area contributed by atoms with Crippen molar-refractivity contribution in [2.45, 2.75) is 0 Å². The van der Waals surface area contributed by atoms with Crippen LogP contribution in [0.2, 0.25) is 10.0 Å². The average Bonchev–Trinajstić information content (AvgIpc) is 2.75. The third-order valence-electron chi connectivity index (χ3n) is 4.96. The molecule has 3 aromatic rings. The fourth-order valence-electron chi connectivity index (χ4n) is 3.50. The maximum atomic E-state index is 6.30. The van der Waals surface area contributed by atoms with Gasteiger partial charge in [-0.05, 0) is 23.8 Å². The van der Waals surface area contributed by atoms with Crippen molar-refractivity contribution in [1.82, 2.24) is 9.88 Å². The number of rotatable bonds is 3. The molecule has 0 radical (unpaired) electrons. The van der Waals surface area contributed by atoms with Crippen molar-refractivity contribution in [2.75, 3.05) is 36.4 Å². The van der Waals surface area contributed by atoms with Gasteiger partial charge in [-0.3, -0.25) is 4.98 Å². The average molecular weight is 443 g/mol. The summed E-state index contributed by atoms with van der Waals surface area (Å²) in [5.74, 6) is 0. The van der Waals surface area contributed by atoms with Crippen LogP contribution in [0, 0.1) is 0 Å². The van der Waals surface area contributed by atoms with E-state index in [0.29, 0.717) is 10.0 Å². The Kier molecular flexibility index (Phi) is 6.19. The Morgan fingerprint density at radius 3 is 2.17 bits per heavy atom. The fraction of sp³-hybridized carbons (Fsp3) is 0.182. The molecule has 29 heavy (non-hydrogen) atoms. The molecule has 1 saturated heterocycles. The predicted octanol–water partition coefficient (Wildman–Crippen LogP) is 5.57. The van der Waals surface area contributed by atoms with E-state index in [1.54, 1.807) is 12.4 Å². The van der Waals surface area contributed by atoms with Crippen molar-refractivity contribution >= 4 is 51.9 Å². The van der Waals surface area contributed by atoms with Gasteiger partial charge in [0.25, 0.3) is 0 Å². The third-order valence-corrected chi connectivity index (χ3v) is 5.88. The van der Waals surface area contributed by atoms with Crippen molar-refractivity contribution in [1.29, 1.82) is 0 Å². The van der Waals surface area contributed by atoms with Gasteiger partial charge < -0.3 is 15.1 Å². The van der Waals surface area contributed by atoms with E-state index in [-0.39, 0.29) is 0 Å². The highest BCUT2D eigenvalue weighted by atomic mass is 35.5. The second kappa shape index (κ2) is 8.99. The van der Waals surface area contributed by atoms with Gasteiger partial charge in [-0.15, -0.1) is 0 Å². The van der Waals surface area contributed by atoms with Crippen molar-refractivity contribution in [3.63, 3.8) is 0 Å². The van der Waals surface area contributed by atoms with E-state index in [9.17, 15) is 0 Å². The first-order valence-corrected chi connectivity index (χ1v) is 10.5. The van der Waals surface area contributed by atoms with E-state index in [0.717, 1.165) is 53.8 Å². The number of benzene rings is 2.